The molecule has 6 nitrogen and oxygen atoms in total. The summed E-state index contributed by atoms with van der Waals surface area (Å²) in [6, 6.07) is 0.583. The highest BCUT2D eigenvalue weighted by atomic mass is 16.2. The van der Waals surface area contributed by atoms with Gasteiger partial charge in [0.15, 0.2) is 0 Å². The van der Waals surface area contributed by atoms with Crippen LogP contribution in [0.25, 0.3) is 0 Å². The van der Waals surface area contributed by atoms with Crippen LogP contribution < -0.4 is 11.1 Å². The molecule has 33 heavy (non-hydrogen) atoms. The van der Waals surface area contributed by atoms with Gasteiger partial charge in [-0.25, -0.2) is 4.98 Å². The lowest BCUT2D eigenvalue weighted by Gasteiger charge is -2.46. The Balaban J connectivity index is 0. The molecule has 3 aliphatic rings. The molecule has 4 rings (SSSR count). The summed E-state index contributed by atoms with van der Waals surface area (Å²) in [4.78, 5) is 18.7. The average molecular weight is 462 g/mol. The van der Waals surface area contributed by atoms with Gasteiger partial charge < -0.3 is 21.4 Å². The molecule has 2 unspecified atom stereocenters. The lowest BCUT2D eigenvalue weighted by atomic mass is 9.67. The molecular weight excluding hydrogens is 410 g/mol. The summed E-state index contributed by atoms with van der Waals surface area (Å²) in [6.45, 7) is 16.3. The van der Waals surface area contributed by atoms with Gasteiger partial charge in [0.05, 0.1) is 5.69 Å². The van der Waals surface area contributed by atoms with E-state index in [4.69, 9.17) is 11.1 Å². The first-order valence-corrected chi connectivity index (χ1v) is 12.7. The minimum absolute atomic E-state index is 0.104. The molecule has 5 N–H and O–H groups in total. The van der Waals surface area contributed by atoms with E-state index in [2.05, 4.69) is 42.0 Å². The van der Waals surface area contributed by atoms with Crippen LogP contribution in [0.2, 0.25) is 0 Å². The number of rotatable bonds is 8. The Hall–Kier alpha value is -2.13. The Kier molecular flexibility index (Phi) is 19.4. The number of aryl methyl sites for hydroxylation is 1. The fourth-order valence-electron chi connectivity index (χ4n) is 3.89. The standard InChI is InChI=1S/C12H23N3.C9H14N2O.2C2H6.C2H2/c1-4-9(2)6-5-7-11(13)12-8-14-10(3)15-12;1-5(10)2-8-6-3-7(4-6)11-9(8)12;3*1-2/h8-9,11H,4-7,13H2,1-3H3,(H,14,15);6-8,10H,2-4H2,1H3,(H,11,12);2*1-2H3;1-2H/t9?,11-;;;;/m0..../s1. The molecule has 1 aromatic rings. The van der Waals surface area contributed by atoms with Gasteiger partial charge >= 0.3 is 0 Å². The van der Waals surface area contributed by atoms with Gasteiger partial charge in [0.25, 0.3) is 0 Å². The number of aromatic nitrogens is 2. The third-order valence-corrected chi connectivity index (χ3v) is 5.98. The zero-order valence-corrected chi connectivity index (χ0v) is 22.5. The Bertz CT molecular complexity index is 660. The van der Waals surface area contributed by atoms with Crippen molar-refractivity contribution in [1.82, 2.24) is 15.3 Å². The van der Waals surface area contributed by atoms with Crippen molar-refractivity contribution in [2.45, 2.75) is 112 Å². The maximum absolute atomic E-state index is 11.4. The summed E-state index contributed by atoms with van der Waals surface area (Å²) >= 11 is 0. The van der Waals surface area contributed by atoms with Crippen LogP contribution >= 0.6 is 0 Å². The van der Waals surface area contributed by atoms with Gasteiger partial charge in [-0.2, -0.15) is 0 Å². The van der Waals surface area contributed by atoms with Crippen LogP contribution in [0.3, 0.4) is 0 Å². The predicted molar refractivity (Wildman–Crippen MR) is 142 cm³/mol. The third kappa shape index (κ3) is 12.6. The zero-order chi connectivity index (χ0) is 26.0. The van der Waals surface area contributed by atoms with E-state index >= 15 is 0 Å². The van der Waals surface area contributed by atoms with Gasteiger partial charge in [0.2, 0.25) is 5.91 Å². The molecule has 3 atom stereocenters. The first kappa shape index (κ1) is 33.0. The summed E-state index contributed by atoms with van der Waals surface area (Å²) in [7, 11) is 0. The van der Waals surface area contributed by atoms with Crippen molar-refractivity contribution in [1.29, 1.82) is 5.41 Å². The minimum atomic E-state index is 0.104. The lowest BCUT2D eigenvalue weighted by Crippen LogP contribution is -2.57. The van der Waals surface area contributed by atoms with Gasteiger partial charge in [0.1, 0.15) is 5.82 Å². The molecule has 2 bridgehead atoms. The summed E-state index contributed by atoms with van der Waals surface area (Å²) in [5.41, 5.74) is 7.76. The molecule has 2 saturated heterocycles. The summed E-state index contributed by atoms with van der Waals surface area (Å²) in [5, 5.41) is 10.3. The van der Waals surface area contributed by atoms with Gasteiger partial charge in [0, 0.05) is 29.9 Å². The minimum Gasteiger partial charge on any atom is -0.353 e. The van der Waals surface area contributed by atoms with Crippen LogP contribution in [-0.4, -0.2) is 27.6 Å². The second-order valence-corrected chi connectivity index (χ2v) is 8.50. The van der Waals surface area contributed by atoms with E-state index in [1.54, 1.807) is 6.92 Å². The quantitative estimate of drug-likeness (QED) is 0.274. The van der Waals surface area contributed by atoms with E-state index in [1.165, 1.54) is 19.3 Å². The van der Waals surface area contributed by atoms with E-state index in [1.807, 2.05) is 40.8 Å². The molecule has 3 fully saturated rings. The van der Waals surface area contributed by atoms with Crippen LogP contribution in [0.15, 0.2) is 6.20 Å². The Morgan fingerprint density at radius 3 is 2.24 bits per heavy atom. The number of carbonyl (C=O) groups excluding carboxylic acids is 1. The van der Waals surface area contributed by atoms with Crippen LogP contribution in [0.4, 0.5) is 0 Å². The predicted octanol–water partition coefficient (Wildman–Crippen LogP) is 6.18. The molecule has 2 aliphatic heterocycles. The molecule has 1 saturated carbocycles. The molecule has 1 amide bonds. The van der Waals surface area contributed by atoms with Crippen molar-refractivity contribution in [3.8, 4) is 12.8 Å². The molecule has 1 aromatic heterocycles. The van der Waals surface area contributed by atoms with Crippen LogP contribution in [-0.2, 0) is 4.79 Å². The average Bonchev–Trinajstić information content (AvgIpc) is 3.24. The third-order valence-electron chi connectivity index (χ3n) is 5.98. The van der Waals surface area contributed by atoms with Crippen molar-refractivity contribution >= 4 is 11.6 Å². The van der Waals surface area contributed by atoms with Crippen molar-refractivity contribution in [3.63, 3.8) is 0 Å². The number of carbonyl (C=O) groups is 1. The van der Waals surface area contributed by atoms with Gasteiger partial charge in [-0.05, 0) is 51.4 Å². The first-order chi connectivity index (χ1) is 15.8. The monoisotopic (exact) mass is 461 g/mol. The fraction of sp³-hybridized carbons (Fsp3) is 0.741. The van der Waals surface area contributed by atoms with Gasteiger partial charge in [-0.15, -0.1) is 12.8 Å². The highest BCUT2D eigenvalue weighted by molar-refractivity contribution is 5.88. The molecule has 190 valence electrons. The van der Waals surface area contributed by atoms with E-state index in [0.29, 0.717) is 24.1 Å². The molecule has 0 spiro atoms. The van der Waals surface area contributed by atoms with Gasteiger partial charge in [-0.3, -0.25) is 4.79 Å². The second kappa shape index (κ2) is 19.3. The van der Waals surface area contributed by atoms with Crippen molar-refractivity contribution < 1.29 is 4.79 Å². The maximum atomic E-state index is 11.4. The number of H-pyrrole nitrogens is 1. The molecular formula is C27H51N5O. The van der Waals surface area contributed by atoms with Crippen molar-refractivity contribution in [3.05, 3.63) is 17.7 Å². The number of imidazole rings is 1. The molecule has 3 heterocycles. The molecule has 6 heteroatoms. The van der Waals surface area contributed by atoms with Crippen LogP contribution in [0.5, 0.6) is 0 Å². The molecule has 0 radical (unpaired) electrons. The van der Waals surface area contributed by atoms with E-state index in [-0.39, 0.29) is 17.9 Å². The topological polar surface area (TPSA) is 108 Å². The molecule has 1 aliphatic carbocycles. The fourth-order valence-corrected chi connectivity index (χ4v) is 3.89. The number of hydrogen-bond acceptors (Lipinski definition) is 4. The van der Waals surface area contributed by atoms with Gasteiger partial charge in [-0.1, -0.05) is 60.8 Å². The SMILES string of the molecule is C#C.CC.CC.CC(=N)CC1C(=O)NC2CC1C2.CCC(C)CCC[C@H](N)c1cnc(C)[nH]1. The number of nitrogens with one attached hydrogen (secondary N) is 3. The number of terminal acetylenes is 1. The molecule has 0 aromatic carbocycles. The number of nitrogens with zero attached hydrogens (tertiary/aromatic N) is 1. The second-order valence-electron chi connectivity index (χ2n) is 8.50. The number of hydrogen-bond donors (Lipinski definition) is 4. The van der Waals surface area contributed by atoms with E-state index in [0.717, 1.165) is 36.7 Å². The number of nitrogens with two attached hydrogens (primary N) is 1. The lowest BCUT2D eigenvalue weighted by molar-refractivity contribution is -0.135. The first-order valence-electron chi connectivity index (χ1n) is 12.7. The maximum Gasteiger partial charge on any atom is 0.223 e. The van der Waals surface area contributed by atoms with E-state index in [9.17, 15) is 4.79 Å². The summed E-state index contributed by atoms with van der Waals surface area (Å²) in [6.07, 6.45) is 17.6. The van der Waals surface area contributed by atoms with Crippen LogP contribution in [0.1, 0.15) is 111 Å². The normalized spacial score (nSPS) is 21.3. The Morgan fingerprint density at radius 2 is 1.82 bits per heavy atom. The highest BCUT2D eigenvalue weighted by Gasteiger charge is 2.44. The highest BCUT2D eigenvalue weighted by Crippen LogP contribution is 2.40. The summed E-state index contributed by atoms with van der Waals surface area (Å²) < 4.78 is 0. The van der Waals surface area contributed by atoms with Crippen molar-refractivity contribution in [2.24, 2.45) is 23.5 Å². The van der Waals surface area contributed by atoms with Crippen molar-refractivity contribution in [2.75, 3.05) is 0 Å². The zero-order valence-electron chi connectivity index (χ0n) is 22.5. The smallest absolute Gasteiger partial charge is 0.223 e. The Morgan fingerprint density at radius 1 is 1.24 bits per heavy atom. The largest absolute Gasteiger partial charge is 0.353 e. The Labute approximate surface area is 203 Å². The number of aromatic amines is 1. The van der Waals surface area contributed by atoms with Crippen LogP contribution in [0, 0.1) is 42.9 Å². The number of fused-ring (bicyclic) bond motifs is 2. The number of piperidine rings is 2. The van der Waals surface area contributed by atoms with E-state index < -0.39 is 0 Å². The summed E-state index contributed by atoms with van der Waals surface area (Å²) in [5.74, 6) is 2.62. The number of amides is 1.